The molecule has 0 aromatic carbocycles. The molecule has 0 aliphatic heterocycles. The van der Waals surface area contributed by atoms with Crippen LogP contribution in [0.25, 0.3) is 0 Å². The van der Waals surface area contributed by atoms with Crippen molar-refractivity contribution in [1.29, 1.82) is 0 Å². The van der Waals surface area contributed by atoms with Crippen molar-refractivity contribution in [1.82, 2.24) is 0 Å². The van der Waals surface area contributed by atoms with Gasteiger partial charge in [0.1, 0.15) is 0 Å². The van der Waals surface area contributed by atoms with E-state index in [2.05, 4.69) is 20.8 Å². The summed E-state index contributed by atoms with van der Waals surface area (Å²) in [5.41, 5.74) is -0.178. The third kappa shape index (κ3) is 27.6. The third-order valence-corrected chi connectivity index (χ3v) is 10.1. The normalized spacial score (nSPS) is 11.9. The Balaban J connectivity index is 0. The average Bonchev–Trinajstić information content (AvgIpc) is 2.79. The molecule has 5 heteroatoms. The van der Waals surface area contributed by atoms with Crippen molar-refractivity contribution in [3.8, 4) is 0 Å². The van der Waals surface area contributed by atoms with E-state index in [9.17, 15) is 19.8 Å². The van der Waals surface area contributed by atoms with Gasteiger partial charge in [0.2, 0.25) is 0 Å². The van der Waals surface area contributed by atoms with Crippen LogP contribution in [0.2, 0.25) is 8.87 Å². The average molecular weight is 571 g/mol. The Morgan fingerprint density at radius 2 is 1.15 bits per heavy atom. The van der Waals surface area contributed by atoms with E-state index in [0.29, 0.717) is 6.08 Å². The second kappa shape index (κ2) is 27.7. The second-order valence-corrected chi connectivity index (χ2v) is 13.5. The number of rotatable bonds is 22. The first-order valence-electron chi connectivity index (χ1n) is 13.8. The van der Waals surface area contributed by atoms with Crippen molar-refractivity contribution in [3.05, 3.63) is 11.6 Å². The van der Waals surface area contributed by atoms with Gasteiger partial charge >= 0.3 is 121 Å². The van der Waals surface area contributed by atoms with Crippen LogP contribution < -0.4 is 10.2 Å². The minimum atomic E-state index is -1.48. The molecular formula is C28H52O4Sn. The van der Waals surface area contributed by atoms with E-state index < -0.39 is 11.9 Å². The van der Waals surface area contributed by atoms with E-state index in [-0.39, 0.29) is 39.1 Å². The van der Waals surface area contributed by atoms with Crippen molar-refractivity contribution >= 4 is 33.1 Å². The van der Waals surface area contributed by atoms with Crippen LogP contribution in [0.1, 0.15) is 137 Å². The molecule has 0 N–H and O–H groups in total. The molecule has 0 amide bonds. The van der Waals surface area contributed by atoms with Crippen LogP contribution in [0.3, 0.4) is 0 Å². The summed E-state index contributed by atoms with van der Waals surface area (Å²) in [4.78, 5) is 21.0. The number of carboxylic acids is 2. The fraction of sp³-hybridized carbons (Fsp3) is 0.857. The van der Waals surface area contributed by atoms with Gasteiger partial charge in [-0.15, -0.1) is 0 Å². The van der Waals surface area contributed by atoms with Crippen molar-refractivity contribution in [2.45, 2.75) is 146 Å². The number of carboxylic acid groups (broad SMARTS) is 2. The molecule has 0 aliphatic carbocycles. The van der Waals surface area contributed by atoms with Gasteiger partial charge in [0.05, 0.1) is 11.9 Å². The summed E-state index contributed by atoms with van der Waals surface area (Å²) in [5.74, 6) is -2.70. The number of carbonyl (C=O) groups excluding carboxylic acids is 2. The van der Waals surface area contributed by atoms with Gasteiger partial charge in [-0.25, -0.2) is 0 Å². The molecule has 33 heavy (non-hydrogen) atoms. The molecule has 0 aliphatic rings. The topological polar surface area (TPSA) is 80.3 Å². The molecule has 192 valence electrons. The molecule has 0 aromatic heterocycles. The van der Waals surface area contributed by atoms with Crippen molar-refractivity contribution in [3.63, 3.8) is 0 Å². The molecule has 1 unspecified atom stereocenters. The van der Waals surface area contributed by atoms with Gasteiger partial charge in [-0.05, 0) is 24.0 Å². The van der Waals surface area contributed by atoms with Crippen LogP contribution in [-0.4, -0.2) is 33.1 Å². The second-order valence-electron chi connectivity index (χ2n) is 9.18. The molecule has 0 radical (unpaired) electrons. The molecule has 0 saturated heterocycles. The zero-order chi connectivity index (χ0) is 25.2. The Morgan fingerprint density at radius 3 is 1.55 bits per heavy atom. The fourth-order valence-corrected chi connectivity index (χ4v) is 7.35. The van der Waals surface area contributed by atoms with E-state index in [1.807, 2.05) is 6.92 Å². The first-order valence-corrected chi connectivity index (χ1v) is 17.8. The number of hydrogen-bond acceptors (Lipinski definition) is 4. The van der Waals surface area contributed by atoms with Crippen LogP contribution in [0.5, 0.6) is 0 Å². The quantitative estimate of drug-likeness (QED) is 0.0872. The first kappa shape index (κ1) is 34.6. The fourth-order valence-electron chi connectivity index (χ4n) is 3.78. The number of unbranched alkanes of at least 4 members (excludes halogenated alkanes) is 11. The van der Waals surface area contributed by atoms with Gasteiger partial charge in [0.15, 0.2) is 0 Å². The molecule has 0 bridgehead atoms. The Labute approximate surface area is 215 Å². The molecule has 0 aromatic rings. The standard InChI is InChI=1S/C12H20O4.2C8H17.Sn/c1-3-5-6-9(4-2)7-10(12(15)16)8-11(13)14;2*1-3-5-7-8-6-4-2;/h8-9H,3-7H2,1-2H3,(H,13,14)(H,15,16);2*1,3-8H2,2H3;/q;;;+2/p-2/b10-8-;;;. The summed E-state index contributed by atoms with van der Waals surface area (Å²) in [6, 6.07) is 0. The Kier molecular flexibility index (Phi) is 29.1. The first-order chi connectivity index (χ1) is 15.9. The molecule has 1 atom stereocenters. The molecule has 0 rings (SSSR count). The predicted octanol–water partition coefficient (Wildman–Crippen LogP) is 6.27. The van der Waals surface area contributed by atoms with Gasteiger partial charge in [-0.1, -0.05) is 39.5 Å². The van der Waals surface area contributed by atoms with Crippen LogP contribution in [0.4, 0.5) is 0 Å². The number of aliphatic carboxylic acids is 2. The summed E-state index contributed by atoms with van der Waals surface area (Å²) in [6.07, 6.45) is 22.5. The van der Waals surface area contributed by atoms with Crippen molar-refractivity contribution < 1.29 is 19.8 Å². The molecule has 0 heterocycles. The van der Waals surface area contributed by atoms with E-state index in [4.69, 9.17) is 0 Å². The Bertz CT molecular complexity index is 463. The van der Waals surface area contributed by atoms with Gasteiger partial charge in [0.25, 0.3) is 0 Å². The molecule has 0 saturated carbocycles. The van der Waals surface area contributed by atoms with E-state index >= 15 is 0 Å². The molecular weight excluding hydrogens is 519 g/mol. The van der Waals surface area contributed by atoms with Crippen molar-refractivity contribution in [2.24, 2.45) is 5.92 Å². The molecule has 0 spiro atoms. The Morgan fingerprint density at radius 1 is 0.697 bits per heavy atom. The Hall–Kier alpha value is -0.521. The van der Waals surface area contributed by atoms with Gasteiger partial charge < -0.3 is 19.8 Å². The molecule has 4 nitrogen and oxygen atoms in total. The van der Waals surface area contributed by atoms with Gasteiger partial charge in [-0.2, -0.15) is 0 Å². The monoisotopic (exact) mass is 572 g/mol. The third-order valence-electron chi connectivity index (χ3n) is 6.02. The molecule has 0 fully saturated rings. The summed E-state index contributed by atoms with van der Waals surface area (Å²) in [5, 5.41) is 21.0. The van der Waals surface area contributed by atoms with Crippen LogP contribution in [0, 0.1) is 5.92 Å². The summed E-state index contributed by atoms with van der Waals surface area (Å²) < 4.78 is 3.31. The van der Waals surface area contributed by atoms with Gasteiger partial charge in [-0.3, -0.25) is 0 Å². The minimum absolute atomic E-state index is 0.0736. The number of carbonyl (C=O) groups is 2. The maximum absolute atomic E-state index is 10.7. The summed E-state index contributed by atoms with van der Waals surface area (Å²) in [7, 11) is 0. The SMILES string of the molecule is CCCCC(CC)C/C(=C/C(=O)[O-])C(=O)[O-].CCCCCCC[CH2][Sn+2][CH2]CCCCCCC. The zero-order valence-corrected chi connectivity index (χ0v) is 25.1. The number of hydrogen-bond donors (Lipinski definition) is 0. The van der Waals surface area contributed by atoms with Gasteiger partial charge in [0, 0.05) is 0 Å². The van der Waals surface area contributed by atoms with E-state index in [1.54, 1.807) is 21.7 Å². The van der Waals surface area contributed by atoms with E-state index in [1.165, 1.54) is 64.2 Å². The van der Waals surface area contributed by atoms with Crippen molar-refractivity contribution in [2.75, 3.05) is 0 Å². The van der Waals surface area contributed by atoms with E-state index in [0.717, 1.165) is 25.7 Å². The van der Waals surface area contributed by atoms with Crippen LogP contribution in [-0.2, 0) is 9.59 Å². The predicted molar refractivity (Wildman–Crippen MR) is 138 cm³/mol. The summed E-state index contributed by atoms with van der Waals surface area (Å²) in [6.45, 7) is 8.62. The van der Waals surface area contributed by atoms with Crippen LogP contribution in [0.15, 0.2) is 11.6 Å². The zero-order valence-electron chi connectivity index (χ0n) is 22.2. The van der Waals surface area contributed by atoms with Crippen LogP contribution >= 0.6 is 0 Å². The summed E-state index contributed by atoms with van der Waals surface area (Å²) >= 11 is 0.0736. The maximum atomic E-state index is 10.7.